The van der Waals surface area contributed by atoms with Gasteiger partial charge in [-0.25, -0.2) is 4.39 Å². The molecule has 0 atom stereocenters. The molecule has 0 amide bonds. The van der Waals surface area contributed by atoms with Crippen LogP contribution >= 0.6 is 0 Å². The predicted molar refractivity (Wildman–Crippen MR) is 59.3 cm³/mol. The van der Waals surface area contributed by atoms with E-state index in [9.17, 15) is 4.39 Å². The average Bonchev–Trinajstić information content (AvgIpc) is 2.73. The molecule has 1 aromatic heterocycles. The first-order valence-corrected chi connectivity index (χ1v) is 4.88. The van der Waals surface area contributed by atoms with Gasteiger partial charge in [0.2, 0.25) is 0 Å². The molecule has 0 aliphatic heterocycles. The Morgan fingerprint density at radius 1 is 1.33 bits per heavy atom. The average molecular weight is 204 g/mol. The number of aromatic amines is 1. The minimum absolute atomic E-state index is 0.166. The van der Waals surface area contributed by atoms with Gasteiger partial charge in [-0.15, -0.1) is 0 Å². The molecule has 1 aromatic carbocycles. The molecule has 2 nitrogen and oxygen atoms in total. The Labute approximate surface area is 88.1 Å². The first-order chi connectivity index (χ1) is 7.25. The molecule has 0 bridgehead atoms. The second-order valence-corrected chi connectivity index (χ2v) is 3.51. The number of H-pyrrole nitrogens is 1. The molecule has 0 radical (unpaired) electrons. The third-order valence-corrected chi connectivity index (χ3v) is 2.30. The lowest BCUT2D eigenvalue weighted by Crippen LogP contribution is -2.00. The fraction of sp³-hybridized carbons (Fsp3) is 0.167. The summed E-state index contributed by atoms with van der Waals surface area (Å²) in [7, 11) is 0. The van der Waals surface area contributed by atoms with E-state index in [0.717, 1.165) is 17.9 Å². The highest BCUT2D eigenvalue weighted by molar-refractivity contribution is 5.46. The highest BCUT2D eigenvalue weighted by Crippen LogP contribution is 2.14. The van der Waals surface area contributed by atoms with Gasteiger partial charge in [0.15, 0.2) is 0 Å². The number of anilines is 1. The van der Waals surface area contributed by atoms with Crippen LogP contribution in [0.3, 0.4) is 0 Å². The lowest BCUT2D eigenvalue weighted by molar-refractivity contribution is 0.618. The fourth-order valence-electron chi connectivity index (χ4n) is 1.43. The number of aromatic nitrogens is 1. The summed E-state index contributed by atoms with van der Waals surface area (Å²) in [6.07, 6.45) is 1.88. The summed E-state index contributed by atoms with van der Waals surface area (Å²) in [6.45, 7) is 2.48. The lowest BCUT2D eigenvalue weighted by Gasteiger charge is -2.06. The molecule has 2 aromatic rings. The van der Waals surface area contributed by atoms with Gasteiger partial charge in [0.25, 0.3) is 0 Å². The highest BCUT2D eigenvalue weighted by Gasteiger charge is 1.98. The van der Waals surface area contributed by atoms with Crippen molar-refractivity contribution in [1.29, 1.82) is 0 Å². The van der Waals surface area contributed by atoms with Crippen molar-refractivity contribution < 1.29 is 4.39 Å². The molecule has 2 rings (SSSR count). The Kier molecular flexibility index (Phi) is 2.72. The summed E-state index contributed by atoms with van der Waals surface area (Å²) >= 11 is 0. The topological polar surface area (TPSA) is 27.8 Å². The standard InChI is InChI=1S/C12H13FN2/c1-9-7-10(4-5-12(9)13)15-8-11-3-2-6-14-11/h2-7,14-15H,8H2,1H3. The molecule has 0 spiro atoms. The van der Waals surface area contributed by atoms with E-state index in [1.807, 2.05) is 18.3 Å². The minimum atomic E-state index is -0.166. The number of rotatable bonds is 3. The van der Waals surface area contributed by atoms with E-state index >= 15 is 0 Å². The molecule has 0 aliphatic carbocycles. The van der Waals surface area contributed by atoms with Gasteiger partial charge in [-0.3, -0.25) is 0 Å². The van der Waals surface area contributed by atoms with Crippen molar-refractivity contribution in [3.8, 4) is 0 Å². The van der Waals surface area contributed by atoms with Gasteiger partial charge in [0.05, 0.1) is 6.54 Å². The van der Waals surface area contributed by atoms with Crippen LogP contribution in [-0.2, 0) is 6.54 Å². The maximum Gasteiger partial charge on any atom is 0.126 e. The quantitative estimate of drug-likeness (QED) is 0.790. The molecular weight excluding hydrogens is 191 g/mol. The molecule has 0 aliphatic rings. The van der Waals surface area contributed by atoms with E-state index in [1.54, 1.807) is 19.1 Å². The van der Waals surface area contributed by atoms with Crippen molar-refractivity contribution in [3.05, 3.63) is 53.6 Å². The van der Waals surface area contributed by atoms with Crippen LogP contribution in [0.4, 0.5) is 10.1 Å². The Hall–Kier alpha value is -1.77. The van der Waals surface area contributed by atoms with Crippen molar-refractivity contribution in [3.63, 3.8) is 0 Å². The molecule has 0 saturated heterocycles. The first-order valence-electron chi connectivity index (χ1n) is 4.88. The molecule has 0 saturated carbocycles. The highest BCUT2D eigenvalue weighted by atomic mass is 19.1. The van der Waals surface area contributed by atoms with Gasteiger partial charge in [0, 0.05) is 17.6 Å². The molecule has 1 heterocycles. The zero-order chi connectivity index (χ0) is 10.7. The number of aryl methyl sites for hydroxylation is 1. The van der Waals surface area contributed by atoms with E-state index in [0.29, 0.717) is 5.56 Å². The Balaban J connectivity index is 2.02. The summed E-state index contributed by atoms with van der Waals surface area (Å²) < 4.78 is 13.0. The van der Waals surface area contributed by atoms with Crippen LogP contribution in [0.25, 0.3) is 0 Å². The van der Waals surface area contributed by atoms with Crippen molar-refractivity contribution in [2.75, 3.05) is 5.32 Å². The van der Waals surface area contributed by atoms with E-state index in [2.05, 4.69) is 10.3 Å². The first kappa shape index (κ1) is 9.77. The maximum absolute atomic E-state index is 13.0. The predicted octanol–water partition coefficient (Wildman–Crippen LogP) is 3.07. The van der Waals surface area contributed by atoms with Crippen LogP contribution in [0, 0.1) is 12.7 Å². The van der Waals surface area contributed by atoms with Gasteiger partial charge < -0.3 is 10.3 Å². The molecular formula is C12H13FN2. The van der Waals surface area contributed by atoms with Gasteiger partial charge in [0.1, 0.15) is 5.82 Å². The lowest BCUT2D eigenvalue weighted by atomic mass is 10.2. The monoisotopic (exact) mass is 204 g/mol. The van der Waals surface area contributed by atoms with Crippen LogP contribution in [0.2, 0.25) is 0 Å². The Morgan fingerprint density at radius 2 is 2.20 bits per heavy atom. The second kappa shape index (κ2) is 4.17. The summed E-state index contributed by atoms with van der Waals surface area (Å²) in [5.41, 5.74) is 2.70. The van der Waals surface area contributed by atoms with E-state index in [-0.39, 0.29) is 5.82 Å². The van der Waals surface area contributed by atoms with Gasteiger partial charge in [-0.2, -0.15) is 0 Å². The number of hydrogen-bond acceptors (Lipinski definition) is 1. The van der Waals surface area contributed by atoms with Crippen LogP contribution < -0.4 is 5.32 Å². The third-order valence-electron chi connectivity index (χ3n) is 2.30. The SMILES string of the molecule is Cc1cc(NCc2ccc[nH]2)ccc1F. The van der Waals surface area contributed by atoms with E-state index < -0.39 is 0 Å². The minimum Gasteiger partial charge on any atom is -0.379 e. The summed E-state index contributed by atoms with van der Waals surface area (Å²) in [4.78, 5) is 3.10. The van der Waals surface area contributed by atoms with Crippen LogP contribution in [0.1, 0.15) is 11.3 Å². The zero-order valence-electron chi connectivity index (χ0n) is 8.55. The number of hydrogen-bond donors (Lipinski definition) is 2. The summed E-state index contributed by atoms with van der Waals surface area (Å²) in [5.74, 6) is -0.166. The normalized spacial score (nSPS) is 10.3. The number of halogens is 1. The van der Waals surface area contributed by atoms with Crippen molar-refractivity contribution in [2.45, 2.75) is 13.5 Å². The fourth-order valence-corrected chi connectivity index (χ4v) is 1.43. The van der Waals surface area contributed by atoms with Crippen molar-refractivity contribution in [1.82, 2.24) is 4.98 Å². The van der Waals surface area contributed by atoms with E-state index in [4.69, 9.17) is 0 Å². The zero-order valence-corrected chi connectivity index (χ0v) is 8.55. The summed E-state index contributed by atoms with van der Waals surface area (Å²) in [5, 5.41) is 3.22. The second-order valence-electron chi connectivity index (χ2n) is 3.51. The molecule has 78 valence electrons. The van der Waals surface area contributed by atoms with Crippen LogP contribution in [0.15, 0.2) is 36.5 Å². The van der Waals surface area contributed by atoms with Gasteiger partial charge in [-0.1, -0.05) is 0 Å². The Bertz CT molecular complexity index is 435. The Morgan fingerprint density at radius 3 is 2.87 bits per heavy atom. The van der Waals surface area contributed by atoms with Crippen LogP contribution in [-0.4, -0.2) is 4.98 Å². The van der Waals surface area contributed by atoms with E-state index in [1.165, 1.54) is 6.07 Å². The molecule has 0 unspecified atom stereocenters. The smallest absolute Gasteiger partial charge is 0.126 e. The van der Waals surface area contributed by atoms with Gasteiger partial charge >= 0.3 is 0 Å². The molecule has 0 fully saturated rings. The molecule has 3 heteroatoms. The molecule has 15 heavy (non-hydrogen) atoms. The summed E-state index contributed by atoms with van der Waals surface area (Å²) in [6, 6.07) is 8.98. The number of benzene rings is 1. The molecule has 2 N–H and O–H groups in total. The largest absolute Gasteiger partial charge is 0.379 e. The van der Waals surface area contributed by atoms with Crippen LogP contribution in [0.5, 0.6) is 0 Å². The number of nitrogens with one attached hydrogen (secondary N) is 2. The maximum atomic E-state index is 13.0. The van der Waals surface area contributed by atoms with Crippen molar-refractivity contribution in [2.24, 2.45) is 0 Å². The third kappa shape index (κ3) is 2.37. The van der Waals surface area contributed by atoms with Crippen molar-refractivity contribution >= 4 is 5.69 Å². The van der Waals surface area contributed by atoms with Gasteiger partial charge in [-0.05, 0) is 42.8 Å².